The Morgan fingerprint density at radius 1 is 1.15 bits per heavy atom. The highest BCUT2D eigenvalue weighted by Crippen LogP contribution is 2.34. The lowest BCUT2D eigenvalue weighted by molar-refractivity contribution is 0.174. The molecule has 2 aromatic carbocycles. The Morgan fingerprint density at radius 3 is 2.81 bits per heavy atom. The van der Waals surface area contributed by atoms with Gasteiger partial charge in [-0.25, -0.2) is 4.39 Å². The molecular weight excluding hydrogens is 331 g/mol. The van der Waals surface area contributed by atoms with Gasteiger partial charge >= 0.3 is 0 Å². The number of fused-ring (bicyclic) bond motifs is 1. The van der Waals surface area contributed by atoms with E-state index in [1.807, 2.05) is 18.2 Å². The molecule has 0 aliphatic carbocycles. The van der Waals surface area contributed by atoms with Crippen LogP contribution in [0.1, 0.15) is 29.5 Å². The zero-order chi connectivity index (χ0) is 17.9. The molecular formula is C21H25FN2O2. The van der Waals surface area contributed by atoms with Crippen LogP contribution in [0.2, 0.25) is 0 Å². The SMILES string of the molecule is Cc1cc2c(cc1CNC1CCCN(Cc3ccccc3F)C1)OCO2. The van der Waals surface area contributed by atoms with Crippen LogP contribution in [0.5, 0.6) is 11.5 Å². The minimum absolute atomic E-state index is 0.112. The molecule has 0 saturated carbocycles. The zero-order valence-corrected chi connectivity index (χ0v) is 15.1. The predicted molar refractivity (Wildman–Crippen MR) is 98.8 cm³/mol. The molecule has 1 unspecified atom stereocenters. The number of piperidine rings is 1. The normalized spacial score (nSPS) is 19.7. The molecule has 4 nitrogen and oxygen atoms in total. The van der Waals surface area contributed by atoms with E-state index in [2.05, 4.69) is 23.2 Å². The maximum atomic E-state index is 13.9. The number of rotatable bonds is 5. The van der Waals surface area contributed by atoms with E-state index in [9.17, 15) is 4.39 Å². The highest BCUT2D eigenvalue weighted by atomic mass is 19.1. The molecule has 26 heavy (non-hydrogen) atoms. The number of nitrogens with zero attached hydrogens (tertiary/aromatic N) is 1. The minimum atomic E-state index is -0.112. The monoisotopic (exact) mass is 356 g/mol. The van der Waals surface area contributed by atoms with Crippen LogP contribution in [0, 0.1) is 12.7 Å². The van der Waals surface area contributed by atoms with Gasteiger partial charge in [-0.3, -0.25) is 4.90 Å². The molecule has 1 fully saturated rings. The third-order valence-electron chi connectivity index (χ3n) is 5.27. The van der Waals surface area contributed by atoms with Crippen molar-refractivity contribution in [2.45, 2.75) is 38.9 Å². The number of likely N-dealkylation sites (tertiary alicyclic amines) is 1. The maximum Gasteiger partial charge on any atom is 0.231 e. The lowest BCUT2D eigenvalue weighted by Crippen LogP contribution is -2.45. The van der Waals surface area contributed by atoms with Gasteiger partial charge in [-0.15, -0.1) is 0 Å². The van der Waals surface area contributed by atoms with Crippen molar-refractivity contribution < 1.29 is 13.9 Å². The first-order valence-corrected chi connectivity index (χ1v) is 9.27. The number of hydrogen-bond acceptors (Lipinski definition) is 4. The van der Waals surface area contributed by atoms with Crippen molar-refractivity contribution >= 4 is 0 Å². The minimum Gasteiger partial charge on any atom is -0.454 e. The van der Waals surface area contributed by atoms with Gasteiger partial charge < -0.3 is 14.8 Å². The van der Waals surface area contributed by atoms with Crippen molar-refractivity contribution in [3.8, 4) is 11.5 Å². The molecule has 2 aliphatic heterocycles. The average molecular weight is 356 g/mol. The Bertz CT molecular complexity index is 781. The van der Waals surface area contributed by atoms with Crippen LogP contribution < -0.4 is 14.8 Å². The van der Waals surface area contributed by atoms with E-state index in [-0.39, 0.29) is 5.82 Å². The van der Waals surface area contributed by atoms with Crippen LogP contribution in [-0.2, 0) is 13.1 Å². The second kappa shape index (κ2) is 7.64. The number of halogens is 1. The smallest absolute Gasteiger partial charge is 0.231 e. The molecule has 2 heterocycles. The lowest BCUT2D eigenvalue weighted by atomic mass is 10.0. The van der Waals surface area contributed by atoms with Crippen molar-refractivity contribution in [3.05, 3.63) is 58.9 Å². The Balaban J connectivity index is 1.35. The van der Waals surface area contributed by atoms with Crippen molar-refractivity contribution in [1.29, 1.82) is 0 Å². The molecule has 5 heteroatoms. The van der Waals surface area contributed by atoms with Crippen molar-refractivity contribution in [3.63, 3.8) is 0 Å². The van der Waals surface area contributed by atoms with E-state index < -0.39 is 0 Å². The topological polar surface area (TPSA) is 33.7 Å². The van der Waals surface area contributed by atoms with E-state index in [4.69, 9.17) is 9.47 Å². The molecule has 1 N–H and O–H groups in total. The highest BCUT2D eigenvalue weighted by Gasteiger charge is 2.21. The van der Waals surface area contributed by atoms with Gasteiger partial charge in [0.15, 0.2) is 11.5 Å². The third-order valence-corrected chi connectivity index (χ3v) is 5.27. The first kappa shape index (κ1) is 17.3. The molecule has 0 radical (unpaired) electrons. The number of benzene rings is 2. The zero-order valence-electron chi connectivity index (χ0n) is 15.1. The van der Waals surface area contributed by atoms with Crippen LogP contribution in [0.15, 0.2) is 36.4 Å². The van der Waals surface area contributed by atoms with Gasteiger partial charge in [0.2, 0.25) is 6.79 Å². The second-order valence-corrected chi connectivity index (χ2v) is 7.18. The lowest BCUT2D eigenvalue weighted by Gasteiger charge is -2.33. The molecule has 2 aromatic rings. The average Bonchev–Trinajstić information content (AvgIpc) is 3.09. The van der Waals surface area contributed by atoms with Gasteiger partial charge in [-0.05, 0) is 55.6 Å². The molecule has 0 amide bonds. The quantitative estimate of drug-likeness (QED) is 0.887. The highest BCUT2D eigenvalue weighted by molar-refractivity contribution is 5.48. The summed E-state index contributed by atoms with van der Waals surface area (Å²) in [6.07, 6.45) is 2.28. The number of aryl methyl sites for hydroxylation is 1. The van der Waals surface area contributed by atoms with E-state index in [1.54, 1.807) is 6.07 Å². The van der Waals surface area contributed by atoms with Crippen molar-refractivity contribution in [2.24, 2.45) is 0 Å². The van der Waals surface area contributed by atoms with Crippen molar-refractivity contribution in [1.82, 2.24) is 10.2 Å². The van der Waals surface area contributed by atoms with E-state index in [0.717, 1.165) is 49.5 Å². The molecule has 1 saturated heterocycles. The molecule has 4 rings (SSSR count). The summed E-state index contributed by atoms with van der Waals surface area (Å²) in [4.78, 5) is 2.34. The summed E-state index contributed by atoms with van der Waals surface area (Å²) in [5.74, 6) is 1.55. The fourth-order valence-corrected chi connectivity index (χ4v) is 3.76. The summed E-state index contributed by atoms with van der Waals surface area (Å²) >= 11 is 0. The summed E-state index contributed by atoms with van der Waals surface area (Å²) in [5, 5.41) is 3.67. The molecule has 0 spiro atoms. The summed E-state index contributed by atoms with van der Waals surface area (Å²) in [7, 11) is 0. The van der Waals surface area contributed by atoms with Crippen LogP contribution >= 0.6 is 0 Å². The molecule has 138 valence electrons. The molecule has 0 bridgehead atoms. The van der Waals surface area contributed by atoms with Gasteiger partial charge in [-0.2, -0.15) is 0 Å². The molecule has 1 atom stereocenters. The summed E-state index contributed by atoms with van der Waals surface area (Å²) in [6.45, 7) is 5.85. The van der Waals surface area contributed by atoms with E-state index >= 15 is 0 Å². The van der Waals surface area contributed by atoms with E-state index in [0.29, 0.717) is 19.4 Å². The Hall–Kier alpha value is -2.11. The molecule has 0 aromatic heterocycles. The standard InChI is InChI=1S/C21H25FN2O2/c1-15-9-20-21(26-14-25-20)10-17(15)11-23-18-6-4-8-24(13-18)12-16-5-2-3-7-19(16)22/h2-3,5,7,9-10,18,23H,4,6,8,11-14H2,1H3. The summed E-state index contributed by atoms with van der Waals surface area (Å²) in [6, 6.07) is 11.6. The number of ether oxygens (including phenoxy) is 2. The second-order valence-electron chi connectivity index (χ2n) is 7.18. The maximum absolute atomic E-state index is 13.9. The van der Waals surface area contributed by atoms with Crippen LogP contribution in [-0.4, -0.2) is 30.8 Å². The first-order chi connectivity index (χ1) is 12.7. The fourth-order valence-electron chi connectivity index (χ4n) is 3.76. The van der Waals surface area contributed by atoms with E-state index in [1.165, 1.54) is 17.2 Å². The van der Waals surface area contributed by atoms with Gasteiger partial charge in [-0.1, -0.05) is 18.2 Å². The van der Waals surface area contributed by atoms with Crippen molar-refractivity contribution in [2.75, 3.05) is 19.9 Å². The first-order valence-electron chi connectivity index (χ1n) is 9.27. The van der Waals surface area contributed by atoms with Gasteiger partial charge in [0, 0.05) is 31.2 Å². The Morgan fingerprint density at radius 2 is 1.96 bits per heavy atom. The fraction of sp³-hybridized carbons (Fsp3) is 0.429. The van der Waals surface area contributed by atoms with Crippen LogP contribution in [0.3, 0.4) is 0 Å². The molecule has 2 aliphatic rings. The predicted octanol–water partition coefficient (Wildman–Crippen LogP) is 3.62. The Labute approximate surface area is 153 Å². The Kier molecular flexibility index (Phi) is 5.09. The summed E-state index contributed by atoms with van der Waals surface area (Å²) in [5.41, 5.74) is 3.22. The van der Waals surface area contributed by atoms with Crippen LogP contribution in [0.25, 0.3) is 0 Å². The number of nitrogens with one attached hydrogen (secondary N) is 1. The summed E-state index contributed by atoms with van der Waals surface area (Å²) < 4.78 is 24.8. The van der Waals surface area contributed by atoms with Crippen LogP contribution in [0.4, 0.5) is 4.39 Å². The third kappa shape index (κ3) is 3.84. The van der Waals surface area contributed by atoms with Gasteiger partial charge in [0.05, 0.1) is 0 Å². The number of hydrogen-bond donors (Lipinski definition) is 1. The largest absolute Gasteiger partial charge is 0.454 e. The van der Waals surface area contributed by atoms with Gasteiger partial charge in [0.25, 0.3) is 0 Å². The van der Waals surface area contributed by atoms with Gasteiger partial charge in [0.1, 0.15) is 5.82 Å².